The van der Waals surface area contributed by atoms with E-state index in [1.54, 1.807) is 24.3 Å². The van der Waals surface area contributed by atoms with Crippen LogP contribution in [0.25, 0.3) is 0 Å². The molecule has 1 aliphatic heterocycles. The molecule has 1 aromatic heterocycles. The fraction of sp³-hybridized carbons (Fsp3) is 0.474. The van der Waals surface area contributed by atoms with Gasteiger partial charge in [0.15, 0.2) is 11.6 Å². The molecule has 0 aliphatic carbocycles. The van der Waals surface area contributed by atoms with Gasteiger partial charge in [0.05, 0.1) is 5.69 Å². The molecule has 2 aromatic rings. The summed E-state index contributed by atoms with van der Waals surface area (Å²) in [6.07, 6.45) is 3.07. The van der Waals surface area contributed by atoms with E-state index >= 15 is 0 Å². The van der Waals surface area contributed by atoms with E-state index in [4.69, 9.17) is 4.74 Å². The predicted molar refractivity (Wildman–Crippen MR) is 96.5 cm³/mol. The number of piperidine rings is 1. The van der Waals surface area contributed by atoms with Gasteiger partial charge in [-0.3, -0.25) is 9.89 Å². The molecule has 0 bridgehead atoms. The Bertz CT molecular complexity index is 726. The molecule has 1 aromatic carbocycles. The lowest BCUT2D eigenvalue weighted by Crippen LogP contribution is -2.44. The highest BCUT2D eigenvalue weighted by Gasteiger charge is 2.21. The quantitative estimate of drug-likeness (QED) is 0.797. The van der Waals surface area contributed by atoms with Crippen molar-refractivity contribution in [3.8, 4) is 5.75 Å². The number of nitrogens with one attached hydrogen (secondary N) is 2. The Hall–Kier alpha value is -2.41. The predicted octanol–water partition coefficient (Wildman–Crippen LogP) is 2.73. The maximum atomic E-state index is 13.5. The first-order chi connectivity index (χ1) is 12.7. The molecule has 0 atom stereocenters. The zero-order chi connectivity index (χ0) is 18.4. The lowest BCUT2D eigenvalue weighted by atomic mass is 10.0. The van der Waals surface area contributed by atoms with Crippen molar-refractivity contribution in [2.24, 2.45) is 0 Å². The molecule has 1 amide bonds. The summed E-state index contributed by atoms with van der Waals surface area (Å²) < 4.78 is 19.0. The van der Waals surface area contributed by atoms with E-state index in [0.29, 0.717) is 11.4 Å². The number of halogens is 1. The highest BCUT2D eigenvalue weighted by molar-refractivity contribution is 5.92. The number of rotatable bonds is 7. The van der Waals surface area contributed by atoms with Gasteiger partial charge in [-0.05, 0) is 44.0 Å². The van der Waals surface area contributed by atoms with E-state index in [1.807, 2.05) is 0 Å². The lowest BCUT2D eigenvalue weighted by molar-refractivity contribution is 0.0906. The lowest BCUT2D eigenvalue weighted by Gasteiger charge is -2.31. The van der Waals surface area contributed by atoms with Gasteiger partial charge >= 0.3 is 0 Å². The number of carbonyl (C=O) groups is 1. The molecule has 140 valence electrons. The van der Waals surface area contributed by atoms with E-state index < -0.39 is 5.82 Å². The van der Waals surface area contributed by atoms with Gasteiger partial charge in [0, 0.05) is 19.1 Å². The van der Waals surface area contributed by atoms with Crippen LogP contribution in [0.15, 0.2) is 30.3 Å². The molecule has 1 aliphatic rings. The van der Waals surface area contributed by atoms with Crippen LogP contribution in [0.2, 0.25) is 0 Å². The minimum atomic E-state index is -0.417. The number of aromatic amines is 1. The molecule has 0 saturated carbocycles. The van der Waals surface area contributed by atoms with Crippen LogP contribution in [0.5, 0.6) is 5.75 Å². The van der Waals surface area contributed by atoms with Crippen LogP contribution in [0.3, 0.4) is 0 Å². The summed E-state index contributed by atoms with van der Waals surface area (Å²) in [7, 11) is 0. The topological polar surface area (TPSA) is 70.2 Å². The number of hydrogen-bond acceptors (Lipinski definition) is 4. The smallest absolute Gasteiger partial charge is 0.271 e. The van der Waals surface area contributed by atoms with Crippen molar-refractivity contribution in [2.45, 2.75) is 38.8 Å². The number of para-hydroxylation sites is 1. The molecule has 6 nitrogen and oxygen atoms in total. The van der Waals surface area contributed by atoms with Crippen molar-refractivity contribution >= 4 is 5.91 Å². The van der Waals surface area contributed by atoms with Crippen molar-refractivity contribution in [3.63, 3.8) is 0 Å². The third-order valence-electron chi connectivity index (χ3n) is 4.55. The number of hydrogen-bond donors (Lipinski definition) is 2. The third-order valence-corrected chi connectivity index (χ3v) is 4.55. The highest BCUT2D eigenvalue weighted by atomic mass is 19.1. The van der Waals surface area contributed by atoms with E-state index in [2.05, 4.69) is 27.3 Å². The maximum absolute atomic E-state index is 13.5. The fourth-order valence-corrected chi connectivity index (χ4v) is 3.15. The van der Waals surface area contributed by atoms with E-state index in [9.17, 15) is 9.18 Å². The summed E-state index contributed by atoms with van der Waals surface area (Å²) in [5, 5.41) is 9.86. The zero-order valence-electron chi connectivity index (χ0n) is 15.0. The summed E-state index contributed by atoms with van der Waals surface area (Å²) in [4.78, 5) is 14.8. The molecule has 0 radical (unpaired) electrons. The summed E-state index contributed by atoms with van der Waals surface area (Å²) in [5.41, 5.74) is 0.948. The van der Waals surface area contributed by atoms with E-state index in [1.165, 1.54) is 6.07 Å². The number of benzene rings is 1. The van der Waals surface area contributed by atoms with Crippen LogP contribution >= 0.6 is 0 Å². The average molecular weight is 360 g/mol. The SMILES string of the molecule is CCCN1CCC(NC(=O)c2cc(COc3ccccc3F)[nH]n2)CC1. The van der Waals surface area contributed by atoms with Gasteiger partial charge < -0.3 is 15.0 Å². The number of ether oxygens (including phenoxy) is 1. The number of likely N-dealkylation sites (tertiary alicyclic amines) is 1. The average Bonchev–Trinajstić information content (AvgIpc) is 3.12. The molecule has 1 fully saturated rings. The minimum absolute atomic E-state index is 0.122. The molecular formula is C19H25FN4O2. The third kappa shape index (κ3) is 4.82. The van der Waals surface area contributed by atoms with Gasteiger partial charge in [0.2, 0.25) is 0 Å². The molecule has 2 N–H and O–H groups in total. The highest BCUT2D eigenvalue weighted by Crippen LogP contribution is 2.17. The van der Waals surface area contributed by atoms with Gasteiger partial charge in [-0.15, -0.1) is 0 Å². The first kappa shape index (κ1) is 18.4. The number of amides is 1. The number of nitrogens with zero attached hydrogens (tertiary/aromatic N) is 2. The monoisotopic (exact) mass is 360 g/mol. The van der Waals surface area contributed by atoms with Crippen LogP contribution in [-0.4, -0.2) is 46.7 Å². The molecule has 0 spiro atoms. The van der Waals surface area contributed by atoms with Crippen molar-refractivity contribution in [3.05, 3.63) is 47.5 Å². The van der Waals surface area contributed by atoms with Crippen molar-refractivity contribution in [1.82, 2.24) is 20.4 Å². The summed E-state index contributed by atoms with van der Waals surface area (Å²) in [5.74, 6) is -0.432. The Kier molecular flexibility index (Phi) is 6.22. The Balaban J connectivity index is 1.48. The molecule has 2 heterocycles. The molecule has 1 saturated heterocycles. The fourth-order valence-electron chi connectivity index (χ4n) is 3.15. The minimum Gasteiger partial charge on any atom is -0.484 e. The van der Waals surface area contributed by atoms with Gasteiger partial charge in [-0.2, -0.15) is 5.10 Å². The molecule has 0 unspecified atom stereocenters. The second kappa shape index (κ2) is 8.80. The van der Waals surface area contributed by atoms with Crippen molar-refractivity contribution in [1.29, 1.82) is 0 Å². The Morgan fingerprint density at radius 2 is 2.15 bits per heavy atom. The second-order valence-electron chi connectivity index (χ2n) is 6.59. The number of H-pyrrole nitrogens is 1. The maximum Gasteiger partial charge on any atom is 0.271 e. The van der Waals surface area contributed by atoms with Crippen LogP contribution in [-0.2, 0) is 6.61 Å². The molecule has 3 rings (SSSR count). The van der Waals surface area contributed by atoms with Crippen LogP contribution in [0.4, 0.5) is 4.39 Å². The van der Waals surface area contributed by atoms with Gasteiger partial charge in [0.25, 0.3) is 5.91 Å². The van der Waals surface area contributed by atoms with Crippen LogP contribution in [0.1, 0.15) is 42.4 Å². The normalized spacial score (nSPS) is 15.8. The molecule has 26 heavy (non-hydrogen) atoms. The largest absolute Gasteiger partial charge is 0.484 e. The standard InChI is InChI=1S/C19H25FN4O2/c1-2-9-24-10-7-14(8-11-24)21-19(25)17-12-15(22-23-17)13-26-18-6-4-3-5-16(18)20/h3-6,12,14H,2,7-11,13H2,1H3,(H,21,25)(H,22,23). The summed E-state index contributed by atoms with van der Waals surface area (Å²) in [6, 6.07) is 8.04. The zero-order valence-corrected chi connectivity index (χ0v) is 15.0. The Morgan fingerprint density at radius 3 is 2.88 bits per heavy atom. The first-order valence-electron chi connectivity index (χ1n) is 9.10. The van der Waals surface area contributed by atoms with Crippen LogP contribution in [0, 0.1) is 5.82 Å². The summed E-state index contributed by atoms with van der Waals surface area (Å²) in [6.45, 7) is 5.45. The van der Waals surface area contributed by atoms with Gasteiger partial charge in [-0.1, -0.05) is 19.1 Å². The van der Waals surface area contributed by atoms with Crippen LogP contribution < -0.4 is 10.1 Å². The van der Waals surface area contributed by atoms with E-state index in [-0.39, 0.29) is 24.3 Å². The number of aromatic nitrogens is 2. The Morgan fingerprint density at radius 1 is 1.38 bits per heavy atom. The molecule has 7 heteroatoms. The first-order valence-corrected chi connectivity index (χ1v) is 9.10. The van der Waals surface area contributed by atoms with Crippen molar-refractivity contribution in [2.75, 3.05) is 19.6 Å². The van der Waals surface area contributed by atoms with E-state index in [0.717, 1.165) is 38.9 Å². The Labute approximate surface area is 152 Å². The van der Waals surface area contributed by atoms with Crippen molar-refractivity contribution < 1.29 is 13.9 Å². The summed E-state index contributed by atoms with van der Waals surface area (Å²) >= 11 is 0. The second-order valence-corrected chi connectivity index (χ2v) is 6.59. The van der Waals surface area contributed by atoms with Gasteiger partial charge in [-0.25, -0.2) is 4.39 Å². The van der Waals surface area contributed by atoms with Gasteiger partial charge in [0.1, 0.15) is 12.3 Å². The number of carbonyl (C=O) groups excluding carboxylic acids is 1. The molecular weight excluding hydrogens is 335 g/mol.